The summed E-state index contributed by atoms with van der Waals surface area (Å²) in [6.45, 7) is 4.36. The molecule has 9 nitrogen and oxygen atoms in total. The molecular formula is C17H16N8OS. The second kappa shape index (κ2) is 7.16. The van der Waals surface area contributed by atoms with Crippen molar-refractivity contribution in [2.24, 2.45) is 0 Å². The zero-order chi connectivity index (χ0) is 18.8. The first-order valence-corrected chi connectivity index (χ1v) is 9.19. The van der Waals surface area contributed by atoms with Crippen molar-refractivity contribution in [3.05, 3.63) is 53.4 Å². The molecule has 0 aliphatic rings. The van der Waals surface area contributed by atoms with Gasteiger partial charge in [-0.3, -0.25) is 14.8 Å². The molecule has 0 bridgehead atoms. The van der Waals surface area contributed by atoms with Crippen LogP contribution in [0.25, 0.3) is 16.5 Å². The molecule has 0 saturated heterocycles. The van der Waals surface area contributed by atoms with Crippen molar-refractivity contribution in [3.8, 4) is 10.7 Å². The molecule has 4 aromatic rings. The van der Waals surface area contributed by atoms with Crippen LogP contribution in [0.4, 0.5) is 0 Å². The smallest absolute Gasteiger partial charge is 0.270 e. The van der Waals surface area contributed by atoms with Crippen LogP contribution >= 0.6 is 11.3 Å². The number of nitrogens with zero attached hydrogens (tertiary/aromatic N) is 7. The van der Waals surface area contributed by atoms with Crippen molar-refractivity contribution in [3.63, 3.8) is 0 Å². The second-order valence-electron chi connectivity index (χ2n) is 6.11. The average Bonchev–Trinajstić information content (AvgIpc) is 3.35. The number of carbonyl (C=O) groups excluding carboxylic acids is 1. The van der Waals surface area contributed by atoms with E-state index in [0.29, 0.717) is 23.7 Å². The number of hydrogen-bond donors (Lipinski definition) is 1. The van der Waals surface area contributed by atoms with Gasteiger partial charge in [0.15, 0.2) is 0 Å². The number of nitrogens with one attached hydrogen (secondary N) is 1. The zero-order valence-corrected chi connectivity index (χ0v) is 15.5. The lowest BCUT2D eigenvalue weighted by Crippen LogP contribution is -2.25. The Bertz CT molecular complexity index is 1090. The Kier molecular flexibility index (Phi) is 4.55. The van der Waals surface area contributed by atoms with Crippen molar-refractivity contribution in [1.29, 1.82) is 0 Å². The van der Waals surface area contributed by atoms with Crippen LogP contribution in [0.1, 0.15) is 41.6 Å². The van der Waals surface area contributed by atoms with Crippen LogP contribution in [0.2, 0.25) is 0 Å². The normalized spacial score (nSPS) is 11.2. The van der Waals surface area contributed by atoms with Crippen molar-refractivity contribution in [1.82, 2.24) is 39.9 Å². The lowest BCUT2D eigenvalue weighted by molar-refractivity contribution is 0.0945. The topological polar surface area (TPSA) is 111 Å². The summed E-state index contributed by atoms with van der Waals surface area (Å²) in [5.41, 5.74) is 2.65. The number of aromatic nitrogens is 7. The lowest BCUT2D eigenvalue weighted by atomic mass is 10.1. The number of carbonyl (C=O) groups is 1. The highest BCUT2D eigenvalue weighted by Gasteiger charge is 2.16. The van der Waals surface area contributed by atoms with Gasteiger partial charge in [-0.1, -0.05) is 13.8 Å². The van der Waals surface area contributed by atoms with Crippen LogP contribution in [0.5, 0.6) is 0 Å². The molecule has 10 heteroatoms. The highest BCUT2D eigenvalue weighted by atomic mass is 32.1. The second-order valence-corrected chi connectivity index (χ2v) is 6.97. The molecule has 1 N–H and O–H groups in total. The summed E-state index contributed by atoms with van der Waals surface area (Å²) >= 11 is 1.46. The molecule has 0 atom stereocenters. The molecule has 136 valence electrons. The van der Waals surface area contributed by atoms with E-state index in [9.17, 15) is 4.79 Å². The summed E-state index contributed by atoms with van der Waals surface area (Å²) in [6, 6.07) is 1.74. The number of amides is 1. The fourth-order valence-electron chi connectivity index (χ4n) is 2.54. The van der Waals surface area contributed by atoms with E-state index in [1.54, 1.807) is 29.2 Å². The Labute approximate surface area is 158 Å². The first-order valence-electron chi connectivity index (χ1n) is 8.31. The summed E-state index contributed by atoms with van der Waals surface area (Å²) in [5, 5.41) is 9.66. The van der Waals surface area contributed by atoms with Crippen LogP contribution in [-0.2, 0) is 6.54 Å². The van der Waals surface area contributed by atoms with Gasteiger partial charge in [0.25, 0.3) is 11.7 Å². The van der Waals surface area contributed by atoms with Gasteiger partial charge in [0.05, 0.1) is 24.1 Å². The third-order valence-electron chi connectivity index (χ3n) is 3.87. The molecule has 1 amide bonds. The van der Waals surface area contributed by atoms with Crippen molar-refractivity contribution in [2.75, 3.05) is 0 Å². The van der Waals surface area contributed by atoms with E-state index in [1.165, 1.54) is 17.7 Å². The van der Waals surface area contributed by atoms with E-state index in [0.717, 1.165) is 16.4 Å². The molecule has 0 aromatic carbocycles. The number of thiazole rings is 1. The molecule has 4 aromatic heterocycles. The molecule has 0 saturated carbocycles. The van der Waals surface area contributed by atoms with Gasteiger partial charge in [-0.2, -0.15) is 10.1 Å². The van der Waals surface area contributed by atoms with E-state index in [1.807, 2.05) is 19.2 Å². The Morgan fingerprint density at radius 3 is 2.93 bits per heavy atom. The lowest BCUT2D eigenvalue weighted by Gasteiger charge is -2.09. The van der Waals surface area contributed by atoms with Gasteiger partial charge in [-0.15, -0.1) is 11.3 Å². The maximum Gasteiger partial charge on any atom is 0.270 e. The standard InChI is InChI=1S/C17H16N8OS/c1-10(2)14-5-12(24-17-21-9-22-25(14)17)15(26)20-6-11-8-27-16(23-11)13-7-18-3-4-19-13/h3-5,7-10H,6H2,1-2H3,(H,20,26). The van der Waals surface area contributed by atoms with Crippen LogP contribution < -0.4 is 5.32 Å². The Hall–Kier alpha value is -3.27. The van der Waals surface area contributed by atoms with Gasteiger partial charge in [0, 0.05) is 17.8 Å². The van der Waals surface area contributed by atoms with Gasteiger partial charge < -0.3 is 5.32 Å². The van der Waals surface area contributed by atoms with Crippen molar-refractivity contribution < 1.29 is 4.79 Å². The molecule has 0 aliphatic heterocycles. The van der Waals surface area contributed by atoms with Crippen LogP contribution in [-0.4, -0.2) is 40.4 Å². The Morgan fingerprint density at radius 2 is 2.15 bits per heavy atom. The zero-order valence-electron chi connectivity index (χ0n) is 14.7. The fraction of sp³-hybridized carbons (Fsp3) is 0.235. The van der Waals surface area contributed by atoms with E-state index < -0.39 is 0 Å². The highest BCUT2D eigenvalue weighted by Crippen LogP contribution is 2.21. The first-order chi connectivity index (χ1) is 13.1. The largest absolute Gasteiger partial charge is 0.345 e. The van der Waals surface area contributed by atoms with Gasteiger partial charge >= 0.3 is 0 Å². The minimum atomic E-state index is -0.281. The molecule has 0 aliphatic carbocycles. The average molecular weight is 380 g/mol. The van der Waals surface area contributed by atoms with Crippen LogP contribution in [0.3, 0.4) is 0 Å². The summed E-state index contributed by atoms with van der Waals surface area (Å²) < 4.78 is 1.65. The third-order valence-corrected chi connectivity index (χ3v) is 4.78. The predicted octanol–water partition coefficient (Wildman–Crippen LogP) is 2.09. The molecular weight excluding hydrogens is 364 g/mol. The molecule has 0 fully saturated rings. The van der Waals surface area contributed by atoms with E-state index in [2.05, 4.69) is 35.3 Å². The SMILES string of the molecule is CC(C)c1cc(C(=O)NCc2csc(-c3cnccn3)n2)nc2ncnn12. The molecule has 0 radical (unpaired) electrons. The fourth-order valence-corrected chi connectivity index (χ4v) is 3.32. The Balaban J connectivity index is 1.50. The summed E-state index contributed by atoms with van der Waals surface area (Å²) in [4.78, 5) is 33.7. The summed E-state index contributed by atoms with van der Waals surface area (Å²) in [6.07, 6.45) is 6.32. The van der Waals surface area contributed by atoms with Crippen molar-refractivity contribution in [2.45, 2.75) is 26.3 Å². The molecule has 4 rings (SSSR count). The molecule has 4 heterocycles. The quantitative estimate of drug-likeness (QED) is 0.564. The van der Waals surface area contributed by atoms with Crippen LogP contribution in [0, 0.1) is 0 Å². The minimum absolute atomic E-state index is 0.178. The molecule has 27 heavy (non-hydrogen) atoms. The molecule has 0 spiro atoms. The highest BCUT2D eigenvalue weighted by molar-refractivity contribution is 7.13. The van der Waals surface area contributed by atoms with Crippen molar-refractivity contribution >= 4 is 23.0 Å². The maximum absolute atomic E-state index is 12.6. The van der Waals surface area contributed by atoms with E-state index >= 15 is 0 Å². The predicted molar refractivity (Wildman–Crippen MR) is 99.2 cm³/mol. The third kappa shape index (κ3) is 3.51. The van der Waals surface area contributed by atoms with Gasteiger partial charge in [-0.05, 0) is 12.0 Å². The summed E-state index contributed by atoms with van der Waals surface area (Å²) in [7, 11) is 0. The summed E-state index contributed by atoms with van der Waals surface area (Å²) in [5.74, 6) is 0.304. The number of hydrogen-bond acceptors (Lipinski definition) is 8. The van der Waals surface area contributed by atoms with Crippen LogP contribution in [0.15, 0.2) is 36.4 Å². The molecule has 0 unspecified atom stereocenters. The maximum atomic E-state index is 12.6. The monoisotopic (exact) mass is 380 g/mol. The number of rotatable bonds is 5. The van der Waals surface area contributed by atoms with Gasteiger partial charge in [0.2, 0.25) is 0 Å². The number of fused-ring (bicyclic) bond motifs is 1. The van der Waals surface area contributed by atoms with E-state index in [4.69, 9.17) is 0 Å². The Morgan fingerprint density at radius 1 is 1.26 bits per heavy atom. The van der Waals surface area contributed by atoms with Gasteiger partial charge in [0.1, 0.15) is 22.7 Å². The minimum Gasteiger partial charge on any atom is -0.345 e. The first kappa shape index (κ1) is 17.2. The van der Waals surface area contributed by atoms with Gasteiger partial charge in [-0.25, -0.2) is 14.5 Å². The van der Waals surface area contributed by atoms with E-state index in [-0.39, 0.29) is 11.8 Å².